The maximum Gasteiger partial charge on any atom is 0.314 e. The van der Waals surface area contributed by atoms with Gasteiger partial charge in [-0.2, -0.15) is 0 Å². The van der Waals surface area contributed by atoms with Crippen molar-refractivity contribution in [1.82, 2.24) is 0 Å². The van der Waals surface area contributed by atoms with Crippen LogP contribution in [-0.2, 0) is 15.0 Å². The standard InChI is InChI=1S/C14H14O3/c15-10-2-1-3-11-4-6-12(7-5-11)14(8-9-14)13(16)17/h1,3-7,10H,2,8-9H2,(H,16,17). The van der Waals surface area contributed by atoms with Crippen LogP contribution < -0.4 is 0 Å². The van der Waals surface area contributed by atoms with Crippen LogP contribution in [0.2, 0.25) is 0 Å². The lowest BCUT2D eigenvalue weighted by atomic mass is 9.95. The van der Waals surface area contributed by atoms with E-state index in [1.54, 1.807) is 6.08 Å². The predicted octanol–water partition coefficient (Wildman–Crippen LogP) is 2.41. The van der Waals surface area contributed by atoms with Gasteiger partial charge in [0.05, 0.1) is 5.41 Å². The summed E-state index contributed by atoms with van der Waals surface area (Å²) in [5.41, 5.74) is 1.22. The van der Waals surface area contributed by atoms with Gasteiger partial charge in [0.25, 0.3) is 0 Å². The molecule has 1 aromatic carbocycles. The second-order valence-corrected chi connectivity index (χ2v) is 4.31. The van der Waals surface area contributed by atoms with E-state index >= 15 is 0 Å². The van der Waals surface area contributed by atoms with Gasteiger partial charge < -0.3 is 9.90 Å². The van der Waals surface area contributed by atoms with Crippen molar-refractivity contribution in [3.63, 3.8) is 0 Å². The summed E-state index contributed by atoms with van der Waals surface area (Å²) in [6, 6.07) is 7.50. The zero-order chi connectivity index (χ0) is 12.3. The van der Waals surface area contributed by atoms with Gasteiger partial charge in [-0.15, -0.1) is 0 Å². The van der Waals surface area contributed by atoms with Gasteiger partial charge in [-0.25, -0.2) is 0 Å². The van der Waals surface area contributed by atoms with Crippen LogP contribution in [0.4, 0.5) is 0 Å². The molecule has 1 fully saturated rings. The fourth-order valence-electron chi connectivity index (χ4n) is 1.92. The Labute approximate surface area is 99.8 Å². The first-order valence-electron chi connectivity index (χ1n) is 5.63. The molecule has 0 radical (unpaired) electrons. The smallest absolute Gasteiger partial charge is 0.314 e. The summed E-state index contributed by atoms with van der Waals surface area (Å²) in [6.45, 7) is 0. The van der Waals surface area contributed by atoms with Crippen LogP contribution in [0, 0.1) is 0 Å². The molecular formula is C14H14O3. The zero-order valence-electron chi connectivity index (χ0n) is 9.43. The number of hydrogen-bond acceptors (Lipinski definition) is 2. The minimum absolute atomic E-state index is 0.404. The Balaban J connectivity index is 2.14. The number of carbonyl (C=O) groups excluding carboxylic acids is 1. The highest BCUT2D eigenvalue weighted by Crippen LogP contribution is 2.48. The van der Waals surface area contributed by atoms with Gasteiger partial charge in [-0.1, -0.05) is 36.4 Å². The molecule has 0 spiro atoms. The SMILES string of the molecule is O=CCC=Cc1ccc(C2(C(=O)O)CC2)cc1. The predicted molar refractivity (Wildman–Crippen MR) is 64.7 cm³/mol. The number of rotatable bonds is 5. The quantitative estimate of drug-likeness (QED) is 0.790. The van der Waals surface area contributed by atoms with Crippen molar-refractivity contribution in [2.45, 2.75) is 24.7 Å². The van der Waals surface area contributed by atoms with Crippen molar-refractivity contribution in [3.05, 3.63) is 41.5 Å². The van der Waals surface area contributed by atoms with Gasteiger partial charge in [0.1, 0.15) is 6.29 Å². The van der Waals surface area contributed by atoms with Crippen molar-refractivity contribution >= 4 is 18.3 Å². The number of aliphatic carboxylic acids is 1. The summed E-state index contributed by atoms with van der Waals surface area (Å²) in [7, 11) is 0. The molecule has 0 unspecified atom stereocenters. The molecule has 0 amide bonds. The lowest BCUT2D eigenvalue weighted by Gasteiger charge is -2.09. The van der Waals surface area contributed by atoms with Crippen molar-refractivity contribution in [2.24, 2.45) is 0 Å². The van der Waals surface area contributed by atoms with E-state index in [1.807, 2.05) is 30.3 Å². The van der Waals surface area contributed by atoms with E-state index in [1.165, 1.54) is 0 Å². The monoisotopic (exact) mass is 230 g/mol. The largest absolute Gasteiger partial charge is 0.481 e. The van der Waals surface area contributed by atoms with E-state index < -0.39 is 11.4 Å². The van der Waals surface area contributed by atoms with E-state index in [0.29, 0.717) is 6.42 Å². The summed E-state index contributed by atoms with van der Waals surface area (Å²) < 4.78 is 0. The Morgan fingerprint density at radius 1 is 1.29 bits per heavy atom. The van der Waals surface area contributed by atoms with Crippen LogP contribution in [0.1, 0.15) is 30.4 Å². The maximum atomic E-state index is 11.1. The van der Waals surface area contributed by atoms with Gasteiger partial charge in [0.15, 0.2) is 0 Å². The normalized spacial score (nSPS) is 16.9. The van der Waals surface area contributed by atoms with Crippen LogP contribution >= 0.6 is 0 Å². The fraction of sp³-hybridized carbons (Fsp3) is 0.286. The van der Waals surface area contributed by atoms with E-state index in [0.717, 1.165) is 30.3 Å². The first-order chi connectivity index (χ1) is 8.19. The molecule has 1 aliphatic carbocycles. The molecule has 1 aliphatic rings. The van der Waals surface area contributed by atoms with Gasteiger partial charge in [0.2, 0.25) is 0 Å². The fourth-order valence-corrected chi connectivity index (χ4v) is 1.92. The number of carboxylic acids is 1. The molecule has 3 heteroatoms. The summed E-state index contributed by atoms with van der Waals surface area (Å²) >= 11 is 0. The number of allylic oxidation sites excluding steroid dienone is 1. The topological polar surface area (TPSA) is 54.4 Å². The number of carbonyl (C=O) groups is 2. The van der Waals surface area contributed by atoms with Crippen molar-refractivity contribution in [1.29, 1.82) is 0 Å². The molecule has 0 bridgehead atoms. The number of benzene rings is 1. The maximum absolute atomic E-state index is 11.1. The van der Waals surface area contributed by atoms with Crippen LogP contribution in [0.3, 0.4) is 0 Å². The number of aldehydes is 1. The summed E-state index contributed by atoms with van der Waals surface area (Å²) in [5, 5.41) is 9.15. The van der Waals surface area contributed by atoms with Crippen molar-refractivity contribution < 1.29 is 14.7 Å². The van der Waals surface area contributed by atoms with Gasteiger partial charge in [-0.3, -0.25) is 4.79 Å². The summed E-state index contributed by atoms with van der Waals surface area (Å²) in [6.07, 6.45) is 6.34. The van der Waals surface area contributed by atoms with Gasteiger partial charge in [0, 0.05) is 6.42 Å². The Morgan fingerprint density at radius 3 is 2.41 bits per heavy atom. The van der Waals surface area contributed by atoms with Crippen molar-refractivity contribution in [3.8, 4) is 0 Å². The average molecular weight is 230 g/mol. The van der Waals surface area contributed by atoms with E-state index in [4.69, 9.17) is 5.11 Å². The number of carboxylic acid groups (broad SMARTS) is 1. The molecule has 0 aliphatic heterocycles. The molecule has 0 saturated heterocycles. The Kier molecular flexibility index (Phi) is 3.09. The molecule has 2 rings (SSSR count). The molecule has 0 heterocycles. The van der Waals surface area contributed by atoms with E-state index in [-0.39, 0.29) is 0 Å². The molecule has 1 aromatic rings. The molecule has 3 nitrogen and oxygen atoms in total. The highest BCUT2D eigenvalue weighted by atomic mass is 16.4. The van der Waals surface area contributed by atoms with Crippen LogP contribution in [0.5, 0.6) is 0 Å². The molecule has 1 N–H and O–H groups in total. The average Bonchev–Trinajstić information content (AvgIpc) is 3.11. The second kappa shape index (κ2) is 4.53. The van der Waals surface area contributed by atoms with Crippen LogP contribution in [-0.4, -0.2) is 17.4 Å². The lowest BCUT2D eigenvalue weighted by Crippen LogP contribution is -2.19. The van der Waals surface area contributed by atoms with Crippen LogP contribution in [0.25, 0.3) is 6.08 Å². The highest BCUT2D eigenvalue weighted by Gasteiger charge is 2.51. The Bertz CT molecular complexity index is 453. The lowest BCUT2D eigenvalue weighted by molar-refractivity contribution is -0.140. The highest BCUT2D eigenvalue weighted by molar-refractivity contribution is 5.85. The Hall–Kier alpha value is -1.90. The minimum atomic E-state index is -0.734. The second-order valence-electron chi connectivity index (χ2n) is 4.31. The summed E-state index contributed by atoms with van der Waals surface area (Å²) in [4.78, 5) is 21.3. The third-order valence-corrected chi connectivity index (χ3v) is 3.17. The molecular weight excluding hydrogens is 216 g/mol. The Morgan fingerprint density at radius 2 is 1.94 bits per heavy atom. The third-order valence-electron chi connectivity index (χ3n) is 3.17. The van der Waals surface area contributed by atoms with E-state index in [2.05, 4.69) is 0 Å². The molecule has 88 valence electrons. The number of hydrogen-bond donors (Lipinski definition) is 1. The zero-order valence-corrected chi connectivity index (χ0v) is 9.43. The molecule has 1 saturated carbocycles. The van der Waals surface area contributed by atoms with E-state index in [9.17, 15) is 9.59 Å². The first kappa shape index (κ1) is 11.6. The molecule has 17 heavy (non-hydrogen) atoms. The van der Waals surface area contributed by atoms with Gasteiger partial charge >= 0.3 is 5.97 Å². The van der Waals surface area contributed by atoms with Gasteiger partial charge in [-0.05, 0) is 24.0 Å². The summed E-state index contributed by atoms with van der Waals surface area (Å²) in [5.74, 6) is -0.734. The van der Waals surface area contributed by atoms with Crippen LogP contribution in [0.15, 0.2) is 30.3 Å². The minimum Gasteiger partial charge on any atom is -0.481 e. The van der Waals surface area contributed by atoms with Crippen molar-refractivity contribution in [2.75, 3.05) is 0 Å². The first-order valence-corrected chi connectivity index (χ1v) is 5.63. The molecule has 0 aromatic heterocycles. The third kappa shape index (κ3) is 2.28. The molecule has 0 atom stereocenters.